The van der Waals surface area contributed by atoms with Crippen molar-refractivity contribution >= 4 is 63.8 Å². The Morgan fingerprint density at radius 2 is 1.83 bits per heavy atom. The molecule has 3 amide bonds. The topological polar surface area (TPSA) is 110 Å². The number of hydrogen-bond donors (Lipinski definition) is 1. The Morgan fingerprint density at radius 1 is 1.13 bits per heavy atom. The fourth-order valence-corrected chi connectivity index (χ4v) is 3.72. The van der Waals surface area contributed by atoms with Crippen LogP contribution >= 0.6 is 35.0 Å². The van der Waals surface area contributed by atoms with Crippen molar-refractivity contribution in [3.8, 4) is 0 Å². The van der Waals surface area contributed by atoms with Gasteiger partial charge in [0.05, 0.1) is 19.9 Å². The second kappa shape index (κ2) is 9.29. The summed E-state index contributed by atoms with van der Waals surface area (Å²) in [5.41, 5.74) is 0.786. The molecule has 0 atom stereocenters. The SMILES string of the molecule is O=C(NCCN1C(=O)S/C(=C/c2ccc([N+](=O)[O-])cc2)C1=O)c1ccc(Cl)c(Cl)c1. The molecule has 8 nitrogen and oxygen atoms in total. The number of nitro benzene ring substituents is 1. The number of hydrogen-bond acceptors (Lipinski definition) is 6. The molecule has 0 spiro atoms. The number of thioether (sulfide) groups is 1. The van der Waals surface area contributed by atoms with E-state index in [1.807, 2.05) is 0 Å². The van der Waals surface area contributed by atoms with Crippen molar-refractivity contribution in [3.05, 3.63) is 78.7 Å². The maximum atomic E-state index is 12.5. The molecule has 2 aromatic rings. The number of nitrogens with zero attached hydrogens (tertiary/aromatic N) is 2. The summed E-state index contributed by atoms with van der Waals surface area (Å²) in [7, 11) is 0. The third-order valence-corrected chi connectivity index (χ3v) is 5.72. The maximum absolute atomic E-state index is 12.5. The average Bonchev–Trinajstić information content (AvgIpc) is 2.97. The molecule has 1 fully saturated rings. The molecule has 11 heteroatoms. The standard InChI is InChI=1S/C19H13Cl2N3O5S/c20-14-6-3-12(10-15(14)21)17(25)22-7-8-23-18(26)16(30-19(23)27)9-11-1-4-13(5-2-11)24(28)29/h1-6,9-10H,7-8H2,(H,22,25)/b16-9+. The Kier molecular flexibility index (Phi) is 6.76. The summed E-state index contributed by atoms with van der Waals surface area (Å²) >= 11 is 12.5. The van der Waals surface area contributed by atoms with Gasteiger partial charge in [0.1, 0.15) is 0 Å². The van der Waals surface area contributed by atoms with Crippen LogP contribution in [0.1, 0.15) is 15.9 Å². The number of nitrogens with one attached hydrogen (secondary N) is 1. The third-order valence-electron chi connectivity index (χ3n) is 4.08. The number of imide groups is 1. The van der Waals surface area contributed by atoms with Gasteiger partial charge in [-0.15, -0.1) is 0 Å². The molecule has 1 aliphatic rings. The van der Waals surface area contributed by atoms with Gasteiger partial charge in [-0.1, -0.05) is 23.2 Å². The summed E-state index contributed by atoms with van der Waals surface area (Å²) in [4.78, 5) is 48.2. The molecular formula is C19H13Cl2N3O5S. The van der Waals surface area contributed by atoms with E-state index in [1.54, 1.807) is 0 Å². The monoisotopic (exact) mass is 465 g/mol. The highest BCUT2D eigenvalue weighted by Gasteiger charge is 2.34. The highest BCUT2D eigenvalue weighted by atomic mass is 35.5. The van der Waals surface area contributed by atoms with Crippen LogP contribution in [0.5, 0.6) is 0 Å². The lowest BCUT2D eigenvalue weighted by Crippen LogP contribution is -2.37. The van der Waals surface area contributed by atoms with E-state index in [0.29, 0.717) is 16.1 Å². The van der Waals surface area contributed by atoms with Crippen LogP contribution in [0.4, 0.5) is 10.5 Å². The van der Waals surface area contributed by atoms with Gasteiger partial charge in [0.15, 0.2) is 0 Å². The first-order chi connectivity index (χ1) is 14.3. The number of rotatable bonds is 6. The third kappa shape index (κ3) is 4.99. The lowest BCUT2D eigenvalue weighted by atomic mass is 10.2. The Bertz CT molecular complexity index is 1070. The first-order valence-corrected chi connectivity index (χ1v) is 10.1. The minimum absolute atomic E-state index is 0.00463. The van der Waals surface area contributed by atoms with Crippen molar-refractivity contribution in [2.45, 2.75) is 0 Å². The number of halogens is 2. The fraction of sp³-hybridized carbons (Fsp3) is 0.105. The molecule has 30 heavy (non-hydrogen) atoms. The molecule has 0 radical (unpaired) electrons. The molecule has 0 unspecified atom stereocenters. The zero-order chi connectivity index (χ0) is 21.8. The minimum atomic E-state index is -0.524. The highest BCUT2D eigenvalue weighted by molar-refractivity contribution is 8.18. The molecule has 1 aliphatic heterocycles. The smallest absolute Gasteiger partial charge is 0.293 e. The van der Waals surface area contributed by atoms with Crippen molar-refractivity contribution in [2.24, 2.45) is 0 Å². The first kappa shape index (κ1) is 21.8. The summed E-state index contributed by atoms with van der Waals surface area (Å²) < 4.78 is 0. The molecule has 2 aromatic carbocycles. The summed E-state index contributed by atoms with van der Waals surface area (Å²) in [5.74, 6) is -0.908. The molecule has 1 heterocycles. The summed E-state index contributed by atoms with van der Waals surface area (Å²) in [6.07, 6.45) is 1.49. The number of amides is 3. The quantitative estimate of drug-likeness (QED) is 0.385. The second-order valence-electron chi connectivity index (χ2n) is 6.07. The van der Waals surface area contributed by atoms with E-state index < -0.39 is 22.0 Å². The van der Waals surface area contributed by atoms with Crippen LogP contribution in [0.25, 0.3) is 6.08 Å². The van der Waals surface area contributed by atoms with Gasteiger partial charge in [-0.05, 0) is 53.7 Å². The van der Waals surface area contributed by atoms with Crippen molar-refractivity contribution in [1.82, 2.24) is 10.2 Å². The van der Waals surface area contributed by atoms with E-state index >= 15 is 0 Å². The van der Waals surface area contributed by atoms with Gasteiger partial charge in [-0.2, -0.15) is 0 Å². The normalized spacial score (nSPS) is 15.0. The van der Waals surface area contributed by atoms with Gasteiger partial charge in [0.2, 0.25) is 0 Å². The molecule has 0 aliphatic carbocycles. The summed E-state index contributed by atoms with van der Waals surface area (Å²) in [5, 5.41) is 13.4. The van der Waals surface area contributed by atoms with E-state index in [1.165, 1.54) is 48.5 Å². The number of carbonyl (C=O) groups excluding carboxylic acids is 3. The fourth-order valence-electron chi connectivity index (χ4n) is 2.56. The van der Waals surface area contributed by atoms with Gasteiger partial charge in [0.25, 0.3) is 22.7 Å². The lowest BCUT2D eigenvalue weighted by Gasteiger charge is -2.13. The molecule has 154 valence electrons. The van der Waals surface area contributed by atoms with Crippen molar-refractivity contribution in [1.29, 1.82) is 0 Å². The van der Waals surface area contributed by atoms with Crippen LogP contribution in [-0.4, -0.2) is 40.0 Å². The number of nitro groups is 1. The van der Waals surface area contributed by atoms with Gasteiger partial charge in [0, 0.05) is 30.8 Å². The van der Waals surface area contributed by atoms with Crippen molar-refractivity contribution in [3.63, 3.8) is 0 Å². The molecular weight excluding hydrogens is 453 g/mol. The van der Waals surface area contributed by atoms with Crippen molar-refractivity contribution < 1.29 is 19.3 Å². The number of carbonyl (C=O) groups is 3. The van der Waals surface area contributed by atoms with Gasteiger partial charge >= 0.3 is 0 Å². The Balaban J connectivity index is 1.60. The zero-order valence-electron chi connectivity index (χ0n) is 15.1. The second-order valence-corrected chi connectivity index (χ2v) is 7.87. The maximum Gasteiger partial charge on any atom is 0.293 e. The van der Waals surface area contributed by atoms with Crippen LogP contribution in [0, 0.1) is 10.1 Å². The van der Waals surface area contributed by atoms with E-state index in [2.05, 4.69) is 5.32 Å². The van der Waals surface area contributed by atoms with Crippen LogP contribution in [0.15, 0.2) is 47.4 Å². The predicted molar refractivity (Wildman–Crippen MR) is 115 cm³/mol. The molecule has 1 saturated heterocycles. The molecule has 3 rings (SSSR count). The van der Waals surface area contributed by atoms with Gasteiger partial charge < -0.3 is 5.32 Å². The average molecular weight is 466 g/mol. The predicted octanol–water partition coefficient (Wildman–Crippen LogP) is 4.37. The van der Waals surface area contributed by atoms with Gasteiger partial charge in [-0.3, -0.25) is 29.4 Å². The van der Waals surface area contributed by atoms with Gasteiger partial charge in [-0.25, -0.2) is 0 Å². The Labute approximate surface area is 185 Å². The summed E-state index contributed by atoms with van der Waals surface area (Å²) in [6.45, 7) is 0.0528. The van der Waals surface area contributed by atoms with E-state index in [-0.39, 0.29) is 28.7 Å². The molecule has 0 aromatic heterocycles. The Hall–Kier alpha value is -2.88. The molecule has 1 N–H and O–H groups in total. The summed E-state index contributed by atoms with van der Waals surface area (Å²) in [6, 6.07) is 10.0. The lowest BCUT2D eigenvalue weighted by molar-refractivity contribution is -0.384. The minimum Gasteiger partial charge on any atom is -0.350 e. The van der Waals surface area contributed by atoms with Crippen LogP contribution < -0.4 is 5.32 Å². The van der Waals surface area contributed by atoms with Crippen LogP contribution in [0.3, 0.4) is 0 Å². The van der Waals surface area contributed by atoms with Crippen LogP contribution in [0.2, 0.25) is 10.0 Å². The molecule has 0 bridgehead atoms. The molecule has 0 saturated carbocycles. The number of non-ortho nitro benzene ring substituents is 1. The largest absolute Gasteiger partial charge is 0.350 e. The number of benzene rings is 2. The zero-order valence-corrected chi connectivity index (χ0v) is 17.5. The van der Waals surface area contributed by atoms with Crippen LogP contribution in [-0.2, 0) is 4.79 Å². The first-order valence-electron chi connectivity index (χ1n) is 8.49. The highest BCUT2D eigenvalue weighted by Crippen LogP contribution is 2.32. The van der Waals surface area contributed by atoms with E-state index in [4.69, 9.17) is 23.2 Å². The van der Waals surface area contributed by atoms with E-state index in [0.717, 1.165) is 16.7 Å². The Morgan fingerprint density at radius 3 is 2.47 bits per heavy atom. The van der Waals surface area contributed by atoms with E-state index in [9.17, 15) is 24.5 Å². The van der Waals surface area contributed by atoms with Crippen molar-refractivity contribution in [2.75, 3.05) is 13.1 Å².